The summed E-state index contributed by atoms with van der Waals surface area (Å²) in [6.07, 6.45) is 0. The quantitative estimate of drug-likeness (QED) is 0.572. The third-order valence-corrected chi connectivity index (χ3v) is 3.31. The van der Waals surface area contributed by atoms with E-state index < -0.39 is 16.2 Å². The van der Waals surface area contributed by atoms with Crippen LogP contribution in [0.3, 0.4) is 0 Å². The Bertz CT molecular complexity index is 141. The van der Waals surface area contributed by atoms with Gasteiger partial charge in [0.1, 0.15) is 7.38 Å². The summed E-state index contributed by atoms with van der Waals surface area (Å²) in [5.74, 6) is 0. The molecule has 0 aromatic rings. The molecular weight excluding hydrogens is 236 g/mol. The Morgan fingerprint density at radius 3 is 1.21 bits per heavy atom. The van der Waals surface area contributed by atoms with Gasteiger partial charge in [-0.1, -0.05) is 26.2 Å². The summed E-state index contributed by atoms with van der Waals surface area (Å²) in [6.45, 7) is 9.81. The molecule has 0 radical (unpaired) electrons. The third-order valence-electron chi connectivity index (χ3n) is 1.10. The molecule has 0 aliphatic carbocycles. The van der Waals surface area contributed by atoms with E-state index >= 15 is 0 Å². The predicted octanol–water partition coefficient (Wildman–Crippen LogP) is 2.65. The van der Waals surface area contributed by atoms with Crippen molar-refractivity contribution in [2.45, 2.75) is 19.6 Å². The van der Waals surface area contributed by atoms with Crippen LogP contribution >= 0.6 is 11.1 Å². The second-order valence-electron chi connectivity index (χ2n) is 3.49. The van der Waals surface area contributed by atoms with Crippen molar-refractivity contribution in [3.05, 3.63) is 12.3 Å². The van der Waals surface area contributed by atoms with Crippen LogP contribution in [0.2, 0.25) is 19.6 Å². The summed E-state index contributed by atoms with van der Waals surface area (Å²) in [6, 6.07) is 0. The summed E-state index contributed by atoms with van der Waals surface area (Å²) in [5, 5.41) is 0. The summed E-state index contributed by atoms with van der Waals surface area (Å²) in [5.41, 5.74) is 1.58. The van der Waals surface area contributed by atoms with Gasteiger partial charge in [0.05, 0.1) is 0 Å². The molecule has 0 aromatic carbocycles. The van der Waals surface area contributed by atoms with Gasteiger partial charge in [-0.05, 0) is 5.70 Å². The average Bonchev–Trinajstić information content (AvgIpc) is 2.07. The van der Waals surface area contributed by atoms with Crippen molar-refractivity contribution in [1.29, 1.82) is 0 Å². The van der Waals surface area contributed by atoms with Crippen molar-refractivity contribution in [2.75, 3.05) is 21.3 Å². The van der Waals surface area contributed by atoms with E-state index in [1.807, 2.05) is 0 Å². The van der Waals surface area contributed by atoms with E-state index in [1.54, 1.807) is 27.0 Å². The van der Waals surface area contributed by atoms with Crippen LogP contribution in [0.5, 0.6) is 0 Å². The molecule has 6 heteroatoms. The molecule has 3 nitrogen and oxygen atoms in total. The smallest absolute Gasteiger partial charge is 0.374 e. The molecule has 86 valence electrons. The maximum Gasteiger partial charge on any atom is 0.528 e. The maximum absolute atomic E-state index is 5.67. The van der Waals surface area contributed by atoms with Crippen LogP contribution in [0.1, 0.15) is 0 Å². The van der Waals surface area contributed by atoms with Gasteiger partial charge in [0, 0.05) is 21.3 Å². The minimum absolute atomic E-state index is 1.14. The Kier molecular flexibility index (Phi) is 9.11. The lowest BCUT2D eigenvalue weighted by atomic mass is 11.3. The van der Waals surface area contributed by atoms with Crippen LogP contribution in [0.25, 0.3) is 0 Å². The molecule has 0 atom stereocenters. The van der Waals surface area contributed by atoms with Crippen LogP contribution in [-0.4, -0.2) is 37.5 Å². The van der Waals surface area contributed by atoms with Gasteiger partial charge in [-0.2, -0.15) is 11.1 Å². The number of hydrogen-bond donors (Lipinski definition) is 0. The molecule has 0 aromatic heterocycles. The molecule has 0 aliphatic rings. The Hall–Kier alpha value is 0.344. The van der Waals surface area contributed by atoms with Crippen molar-refractivity contribution >= 4 is 27.3 Å². The lowest BCUT2D eigenvalue weighted by molar-refractivity contribution is 0.138. The van der Waals surface area contributed by atoms with Gasteiger partial charge in [0.15, 0.2) is 0 Å². The number of hydrogen-bond acceptors (Lipinski definition) is 3. The molecule has 0 spiro atoms. The van der Waals surface area contributed by atoms with Gasteiger partial charge in [-0.15, -0.1) is 0 Å². The highest BCUT2D eigenvalue weighted by atomic mass is 35.6. The summed E-state index contributed by atoms with van der Waals surface area (Å²) in [7, 11) is 1.06. The van der Waals surface area contributed by atoms with Crippen LogP contribution in [0, 0.1) is 0 Å². The molecule has 0 amide bonds. The van der Waals surface area contributed by atoms with Crippen LogP contribution in [-0.2, 0) is 13.3 Å². The molecule has 0 aliphatic heterocycles. The van der Waals surface area contributed by atoms with E-state index in [4.69, 9.17) is 24.4 Å². The molecule has 0 fully saturated rings. The number of rotatable bonds is 4. The van der Waals surface area contributed by atoms with Crippen molar-refractivity contribution in [3.63, 3.8) is 0 Å². The Balaban J connectivity index is 0. The number of halogens is 1. The maximum atomic E-state index is 5.67. The molecular formula is C8H21ClO3Si2. The fraction of sp³-hybridized carbons (Fsp3) is 0.750. The van der Waals surface area contributed by atoms with E-state index in [1.165, 1.54) is 0 Å². The second kappa shape index (κ2) is 7.61. The van der Waals surface area contributed by atoms with Gasteiger partial charge in [-0.3, -0.25) is 0 Å². The zero-order chi connectivity index (χ0) is 11.8. The van der Waals surface area contributed by atoms with Crippen LogP contribution in [0.15, 0.2) is 12.3 Å². The first-order valence-corrected chi connectivity index (χ1v) is 10.5. The fourth-order valence-corrected chi connectivity index (χ4v) is 1.50. The van der Waals surface area contributed by atoms with Crippen molar-refractivity contribution in [3.8, 4) is 0 Å². The second-order valence-corrected chi connectivity index (χ2v) is 13.9. The van der Waals surface area contributed by atoms with Crippen LogP contribution in [0.4, 0.5) is 0 Å². The van der Waals surface area contributed by atoms with Crippen molar-refractivity contribution < 1.29 is 13.3 Å². The van der Waals surface area contributed by atoms with Crippen molar-refractivity contribution in [1.82, 2.24) is 0 Å². The SMILES string of the molecule is C=C[Si](OC)(OC)OC.C[Si](C)(C)Cl. The lowest BCUT2D eigenvalue weighted by Crippen LogP contribution is -2.40. The average molecular weight is 257 g/mol. The molecule has 14 heavy (non-hydrogen) atoms. The largest absolute Gasteiger partial charge is 0.528 e. The monoisotopic (exact) mass is 256 g/mol. The highest BCUT2D eigenvalue weighted by Crippen LogP contribution is 2.05. The van der Waals surface area contributed by atoms with Gasteiger partial charge in [0.25, 0.3) is 0 Å². The van der Waals surface area contributed by atoms with Gasteiger partial charge >= 0.3 is 8.80 Å². The summed E-state index contributed by atoms with van der Waals surface area (Å²) >= 11 is 5.67. The van der Waals surface area contributed by atoms with Gasteiger partial charge < -0.3 is 13.3 Å². The van der Waals surface area contributed by atoms with Gasteiger partial charge in [-0.25, -0.2) is 0 Å². The molecule has 0 N–H and O–H groups in total. The third kappa shape index (κ3) is 10.4. The van der Waals surface area contributed by atoms with E-state index in [9.17, 15) is 0 Å². The predicted molar refractivity (Wildman–Crippen MR) is 66.2 cm³/mol. The Morgan fingerprint density at radius 2 is 1.21 bits per heavy atom. The van der Waals surface area contributed by atoms with E-state index in [0.717, 1.165) is 0 Å². The molecule has 0 heterocycles. The zero-order valence-electron chi connectivity index (χ0n) is 9.89. The summed E-state index contributed by atoms with van der Waals surface area (Å²) < 4.78 is 14.9. The van der Waals surface area contributed by atoms with Crippen LogP contribution < -0.4 is 0 Å². The molecule has 0 bridgehead atoms. The minimum Gasteiger partial charge on any atom is -0.374 e. The fourth-order valence-electron chi connectivity index (χ4n) is 0.500. The minimum atomic E-state index is -2.43. The van der Waals surface area contributed by atoms with Crippen molar-refractivity contribution in [2.24, 2.45) is 0 Å². The normalized spacial score (nSPS) is 11.6. The Labute approximate surface area is 94.1 Å². The topological polar surface area (TPSA) is 27.7 Å². The zero-order valence-corrected chi connectivity index (χ0v) is 12.6. The van der Waals surface area contributed by atoms with Gasteiger partial charge in [0.2, 0.25) is 0 Å². The first-order chi connectivity index (χ1) is 6.24. The Morgan fingerprint density at radius 1 is 1.00 bits per heavy atom. The lowest BCUT2D eigenvalue weighted by Gasteiger charge is -2.19. The molecule has 0 rings (SSSR count). The highest BCUT2D eigenvalue weighted by molar-refractivity contribution is 7.18. The van der Waals surface area contributed by atoms with E-state index in [-0.39, 0.29) is 0 Å². The first kappa shape index (κ1) is 16.8. The molecule has 0 saturated heterocycles. The van der Waals surface area contributed by atoms with E-state index in [0.29, 0.717) is 0 Å². The molecule has 0 saturated carbocycles. The highest BCUT2D eigenvalue weighted by Gasteiger charge is 2.33. The molecule has 0 unspecified atom stereocenters. The van der Waals surface area contributed by atoms with E-state index in [2.05, 4.69) is 26.2 Å². The standard InChI is InChI=1S/C5H12O3Si.C3H9ClSi/c1-5-9(6-2,7-3)8-4;1-5(2,3)4/h5H,1H2,2-4H3;1-3H3. The first-order valence-electron chi connectivity index (χ1n) is 4.22. The summed E-state index contributed by atoms with van der Waals surface area (Å²) in [4.78, 5) is 0.